The summed E-state index contributed by atoms with van der Waals surface area (Å²) in [5.74, 6) is 0.491. The lowest BCUT2D eigenvalue weighted by Gasteiger charge is -2.03. The minimum atomic E-state index is -0.779. The van der Waals surface area contributed by atoms with E-state index in [4.69, 9.17) is 5.73 Å². The first-order chi connectivity index (χ1) is 5.59. The lowest BCUT2D eigenvalue weighted by molar-refractivity contribution is 0.211. The highest BCUT2D eigenvalue weighted by atomic mass is 16.5. The first-order valence-corrected chi connectivity index (χ1v) is 3.64. The van der Waals surface area contributed by atoms with Crippen LogP contribution in [-0.4, -0.2) is 6.09 Å². The van der Waals surface area contributed by atoms with E-state index in [1.165, 1.54) is 0 Å². The summed E-state index contributed by atoms with van der Waals surface area (Å²) >= 11 is 0. The second-order valence-electron chi connectivity index (χ2n) is 2.67. The highest BCUT2D eigenvalue weighted by Gasteiger charge is 1.99. The Morgan fingerprint density at radius 3 is 2.50 bits per heavy atom. The molecule has 0 unspecified atom stereocenters. The molecular formula is C9H11NO2. The normalized spacial score (nSPS) is 9.50. The number of amides is 1. The Morgan fingerprint density at radius 2 is 2.00 bits per heavy atom. The van der Waals surface area contributed by atoms with Crippen LogP contribution in [0.3, 0.4) is 0 Å². The lowest BCUT2D eigenvalue weighted by atomic mass is 10.1. The Balaban J connectivity index is 2.89. The van der Waals surface area contributed by atoms with Crippen LogP contribution in [0.4, 0.5) is 4.79 Å². The molecule has 12 heavy (non-hydrogen) atoms. The van der Waals surface area contributed by atoms with Gasteiger partial charge in [0, 0.05) is 0 Å². The fourth-order valence-corrected chi connectivity index (χ4v) is 0.894. The maximum Gasteiger partial charge on any atom is 0.409 e. The molecule has 0 aliphatic carbocycles. The number of primary amides is 1. The average Bonchev–Trinajstić information content (AvgIpc) is 1.96. The molecule has 1 rings (SSSR count). The standard InChI is InChI=1S/C9H11NO2/c1-6-3-4-8(5-7(6)2)12-9(10)11/h3-5H,1-2H3,(H2,10,11). The number of carbonyl (C=O) groups excluding carboxylic acids is 1. The number of aryl methyl sites for hydroxylation is 2. The number of hydrogen-bond donors (Lipinski definition) is 1. The van der Waals surface area contributed by atoms with Gasteiger partial charge in [-0.05, 0) is 37.1 Å². The maximum atomic E-state index is 10.4. The molecule has 0 spiro atoms. The van der Waals surface area contributed by atoms with Crippen molar-refractivity contribution in [1.29, 1.82) is 0 Å². The summed E-state index contributed by atoms with van der Waals surface area (Å²) in [7, 11) is 0. The number of carbonyl (C=O) groups is 1. The number of hydrogen-bond acceptors (Lipinski definition) is 2. The van der Waals surface area contributed by atoms with Gasteiger partial charge in [0.25, 0.3) is 0 Å². The van der Waals surface area contributed by atoms with Crippen LogP contribution in [-0.2, 0) is 0 Å². The summed E-state index contributed by atoms with van der Waals surface area (Å²) in [6.07, 6.45) is -0.779. The third-order valence-electron chi connectivity index (χ3n) is 1.70. The molecule has 1 amide bonds. The van der Waals surface area contributed by atoms with Crippen LogP contribution in [0.5, 0.6) is 5.75 Å². The quantitative estimate of drug-likeness (QED) is 0.689. The Morgan fingerprint density at radius 1 is 1.33 bits per heavy atom. The SMILES string of the molecule is Cc1ccc(OC(N)=O)cc1C. The van der Waals surface area contributed by atoms with Crippen LogP contribution in [0.25, 0.3) is 0 Å². The molecule has 2 N–H and O–H groups in total. The maximum absolute atomic E-state index is 10.4. The van der Waals surface area contributed by atoms with Crippen molar-refractivity contribution in [3.63, 3.8) is 0 Å². The first kappa shape index (κ1) is 8.59. The molecule has 1 aromatic rings. The van der Waals surface area contributed by atoms with Gasteiger partial charge < -0.3 is 10.5 Å². The summed E-state index contributed by atoms with van der Waals surface area (Å²) in [6, 6.07) is 5.38. The van der Waals surface area contributed by atoms with E-state index in [1.54, 1.807) is 12.1 Å². The number of benzene rings is 1. The van der Waals surface area contributed by atoms with Crippen LogP contribution in [0, 0.1) is 13.8 Å². The molecule has 3 nitrogen and oxygen atoms in total. The molecule has 0 fully saturated rings. The number of rotatable bonds is 1. The van der Waals surface area contributed by atoms with Crippen molar-refractivity contribution in [1.82, 2.24) is 0 Å². The van der Waals surface area contributed by atoms with E-state index in [9.17, 15) is 4.79 Å². The number of nitrogens with two attached hydrogens (primary N) is 1. The Labute approximate surface area is 71.1 Å². The Bertz CT molecular complexity index is 307. The van der Waals surface area contributed by atoms with Crippen molar-refractivity contribution >= 4 is 6.09 Å². The Hall–Kier alpha value is -1.51. The van der Waals surface area contributed by atoms with Gasteiger partial charge in [0.15, 0.2) is 0 Å². The monoisotopic (exact) mass is 165 g/mol. The van der Waals surface area contributed by atoms with Gasteiger partial charge in [0.1, 0.15) is 5.75 Å². The molecule has 0 saturated heterocycles. The number of ether oxygens (including phenoxy) is 1. The predicted molar refractivity (Wildman–Crippen MR) is 46.1 cm³/mol. The predicted octanol–water partition coefficient (Wildman–Crippen LogP) is 1.76. The van der Waals surface area contributed by atoms with Crippen molar-refractivity contribution in [2.24, 2.45) is 5.73 Å². The molecule has 0 radical (unpaired) electrons. The third kappa shape index (κ3) is 1.99. The summed E-state index contributed by atoms with van der Waals surface area (Å²) in [5, 5.41) is 0. The second-order valence-corrected chi connectivity index (χ2v) is 2.67. The van der Waals surface area contributed by atoms with Crippen LogP contribution >= 0.6 is 0 Å². The van der Waals surface area contributed by atoms with E-state index in [0.717, 1.165) is 11.1 Å². The van der Waals surface area contributed by atoms with Crippen LogP contribution < -0.4 is 10.5 Å². The molecule has 1 aromatic carbocycles. The molecule has 64 valence electrons. The van der Waals surface area contributed by atoms with Crippen molar-refractivity contribution in [3.05, 3.63) is 29.3 Å². The molecule has 0 aliphatic rings. The topological polar surface area (TPSA) is 52.3 Å². The summed E-state index contributed by atoms with van der Waals surface area (Å²) in [4.78, 5) is 10.4. The van der Waals surface area contributed by atoms with E-state index in [-0.39, 0.29) is 0 Å². The van der Waals surface area contributed by atoms with Gasteiger partial charge >= 0.3 is 6.09 Å². The second kappa shape index (κ2) is 3.26. The zero-order valence-electron chi connectivity index (χ0n) is 7.13. The van der Waals surface area contributed by atoms with Gasteiger partial charge in [-0.2, -0.15) is 0 Å². The average molecular weight is 165 g/mol. The fourth-order valence-electron chi connectivity index (χ4n) is 0.894. The van der Waals surface area contributed by atoms with Crippen LogP contribution in [0.15, 0.2) is 18.2 Å². The van der Waals surface area contributed by atoms with E-state index < -0.39 is 6.09 Å². The van der Waals surface area contributed by atoms with Crippen molar-refractivity contribution in [3.8, 4) is 5.75 Å². The van der Waals surface area contributed by atoms with Gasteiger partial charge in [0.2, 0.25) is 0 Å². The van der Waals surface area contributed by atoms with Crippen molar-refractivity contribution in [2.75, 3.05) is 0 Å². The summed E-state index contributed by atoms with van der Waals surface area (Å²) < 4.78 is 4.69. The van der Waals surface area contributed by atoms with Crippen LogP contribution in [0.2, 0.25) is 0 Å². The summed E-state index contributed by atoms with van der Waals surface area (Å²) in [5.41, 5.74) is 7.09. The van der Waals surface area contributed by atoms with Crippen LogP contribution in [0.1, 0.15) is 11.1 Å². The molecule has 0 aliphatic heterocycles. The van der Waals surface area contributed by atoms with E-state index >= 15 is 0 Å². The van der Waals surface area contributed by atoms with E-state index in [2.05, 4.69) is 4.74 Å². The lowest BCUT2D eigenvalue weighted by Crippen LogP contribution is -2.16. The fraction of sp³-hybridized carbons (Fsp3) is 0.222. The van der Waals surface area contributed by atoms with Gasteiger partial charge in [-0.3, -0.25) is 0 Å². The highest BCUT2D eigenvalue weighted by Crippen LogP contribution is 2.15. The van der Waals surface area contributed by atoms with Crippen molar-refractivity contribution < 1.29 is 9.53 Å². The molecule has 0 aromatic heterocycles. The molecule has 0 saturated carbocycles. The summed E-state index contributed by atoms with van der Waals surface area (Å²) in [6.45, 7) is 3.94. The molecular weight excluding hydrogens is 154 g/mol. The zero-order chi connectivity index (χ0) is 9.14. The Kier molecular flexibility index (Phi) is 2.33. The molecule has 0 atom stereocenters. The third-order valence-corrected chi connectivity index (χ3v) is 1.70. The van der Waals surface area contributed by atoms with Gasteiger partial charge in [-0.15, -0.1) is 0 Å². The minimum absolute atomic E-state index is 0.491. The molecule has 3 heteroatoms. The van der Waals surface area contributed by atoms with E-state index in [0.29, 0.717) is 5.75 Å². The molecule has 0 bridgehead atoms. The zero-order valence-corrected chi connectivity index (χ0v) is 7.13. The van der Waals surface area contributed by atoms with Gasteiger partial charge in [-0.1, -0.05) is 6.07 Å². The van der Waals surface area contributed by atoms with E-state index in [1.807, 2.05) is 19.9 Å². The first-order valence-electron chi connectivity index (χ1n) is 3.64. The smallest absolute Gasteiger partial charge is 0.409 e. The van der Waals surface area contributed by atoms with Gasteiger partial charge in [-0.25, -0.2) is 4.79 Å². The largest absolute Gasteiger partial charge is 0.410 e. The molecule has 0 heterocycles. The van der Waals surface area contributed by atoms with Crippen molar-refractivity contribution in [2.45, 2.75) is 13.8 Å². The van der Waals surface area contributed by atoms with Gasteiger partial charge in [0.05, 0.1) is 0 Å². The highest BCUT2D eigenvalue weighted by molar-refractivity contribution is 5.68. The minimum Gasteiger partial charge on any atom is -0.410 e.